The minimum atomic E-state index is -0.00658. The third-order valence-corrected chi connectivity index (χ3v) is 4.65. The van der Waals surface area contributed by atoms with Crippen molar-refractivity contribution in [3.63, 3.8) is 0 Å². The lowest BCUT2D eigenvalue weighted by Crippen LogP contribution is -2.30. The molecular weight excluding hydrogens is 262 g/mol. The SMILES string of the molecule is O=Nc1ccc(C2(c3ccc(O)cc3)CCCCC2)cc1. The minimum Gasteiger partial charge on any atom is -0.508 e. The highest BCUT2D eigenvalue weighted by atomic mass is 16.3. The molecule has 1 aliphatic carbocycles. The van der Waals surface area contributed by atoms with Crippen molar-refractivity contribution in [1.82, 2.24) is 0 Å². The smallest absolute Gasteiger partial charge is 0.115 e. The van der Waals surface area contributed by atoms with Crippen LogP contribution in [0, 0.1) is 4.91 Å². The van der Waals surface area contributed by atoms with Gasteiger partial charge in [0.2, 0.25) is 0 Å². The van der Waals surface area contributed by atoms with Gasteiger partial charge in [-0.25, -0.2) is 0 Å². The van der Waals surface area contributed by atoms with Crippen molar-refractivity contribution < 1.29 is 5.11 Å². The average molecular weight is 281 g/mol. The quantitative estimate of drug-likeness (QED) is 0.801. The van der Waals surface area contributed by atoms with Gasteiger partial charge in [0.05, 0.1) is 0 Å². The predicted molar refractivity (Wildman–Crippen MR) is 83.9 cm³/mol. The zero-order chi connectivity index (χ0) is 14.7. The van der Waals surface area contributed by atoms with Crippen LogP contribution in [0.2, 0.25) is 0 Å². The summed E-state index contributed by atoms with van der Waals surface area (Å²) < 4.78 is 0. The number of rotatable bonds is 3. The molecule has 0 saturated heterocycles. The molecule has 1 aliphatic rings. The normalized spacial score (nSPS) is 17.3. The van der Waals surface area contributed by atoms with Crippen molar-refractivity contribution in [3.05, 3.63) is 64.6 Å². The van der Waals surface area contributed by atoms with Gasteiger partial charge in [-0.05, 0) is 53.4 Å². The summed E-state index contributed by atoms with van der Waals surface area (Å²) in [5.74, 6) is 0.296. The number of aromatic hydroxyl groups is 1. The first kappa shape index (κ1) is 13.8. The Morgan fingerprint density at radius 2 is 1.33 bits per heavy atom. The highest BCUT2D eigenvalue weighted by molar-refractivity contribution is 5.46. The molecule has 0 bridgehead atoms. The van der Waals surface area contributed by atoms with Gasteiger partial charge >= 0.3 is 0 Å². The van der Waals surface area contributed by atoms with Gasteiger partial charge in [0.25, 0.3) is 0 Å². The first-order valence-electron chi connectivity index (χ1n) is 7.48. The van der Waals surface area contributed by atoms with Crippen molar-refractivity contribution in [2.45, 2.75) is 37.5 Å². The summed E-state index contributed by atoms with van der Waals surface area (Å²) in [7, 11) is 0. The van der Waals surface area contributed by atoms with Crippen LogP contribution in [-0.2, 0) is 5.41 Å². The molecule has 0 radical (unpaired) electrons. The minimum absolute atomic E-state index is 0.00658. The van der Waals surface area contributed by atoms with Crippen LogP contribution in [0.15, 0.2) is 53.7 Å². The lowest BCUT2D eigenvalue weighted by atomic mass is 9.65. The highest BCUT2D eigenvalue weighted by Crippen LogP contribution is 2.45. The number of nitroso groups, excluding NO2 is 1. The second kappa shape index (κ2) is 5.68. The molecule has 21 heavy (non-hydrogen) atoms. The van der Waals surface area contributed by atoms with Crippen LogP contribution in [0.3, 0.4) is 0 Å². The summed E-state index contributed by atoms with van der Waals surface area (Å²) in [6.45, 7) is 0. The lowest BCUT2D eigenvalue weighted by Gasteiger charge is -2.38. The van der Waals surface area contributed by atoms with Crippen molar-refractivity contribution in [2.75, 3.05) is 0 Å². The predicted octanol–water partition coefficient (Wildman–Crippen LogP) is 5.04. The van der Waals surface area contributed by atoms with Gasteiger partial charge < -0.3 is 5.11 Å². The van der Waals surface area contributed by atoms with Crippen LogP contribution in [0.1, 0.15) is 43.2 Å². The summed E-state index contributed by atoms with van der Waals surface area (Å²) in [5, 5.41) is 12.5. The zero-order valence-electron chi connectivity index (χ0n) is 12.0. The molecule has 0 atom stereocenters. The van der Waals surface area contributed by atoms with Gasteiger partial charge in [-0.3, -0.25) is 0 Å². The Morgan fingerprint density at radius 1 is 0.810 bits per heavy atom. The van der Waals surface area contributed by atoms with E-state index in [1.807, 2.05) is 24.3 Å². The second-order valence-electron chi connectivity index (χ2n) is 5.83. The molecule has 0 amide bonds. The maximum absolute atomic E-state index is 10.6. The van der Waals surface area contributed by atoms with Crippen LogP contribution < -0.4 is 0 Å². The number of nitrogens with zero attached hydrogens (tertiary/aromatic N) is 1. The Hall–Kier alpha value is -2.16. The van der Waals surface area contributed by atoms with Gasteiger partial charge in [0.1, 0.15) is 11.4 Å². The largest absolute Gasteiger partial charge is 0.508 e. The maximum atomic E-state index is 10.6. The number of phenols is 1. The van der Waals surface area contributed by atoms with E-state index in [1.165, 1.54) is 30.4 Å². The topological polar surface area (TPSA) is 49.7 Å². The van der Waals surface area contributed by atoms with E-state index in [1.54, 1.807) is 24.3 Å². The van der Waals surface area contributed by atoms with Crippen LogP contribution >= 0.6 is 0 Å². The third kappa shape index (κ3) is 2.56. The molecular formula is C18H19NO2. The first-order valence-corrected chi connectivity index (χ1v) is 7.48. The Morgan fingerprint density at radius 3 is 1.86 bits per heavy atom. The standard InChI is InChI=1S/C18H19NO2/c20-17-10-6-15(7-11-17)18(12-2-1-3-13-18)14-4-8-16(19-21)9-5-14/h4-11,20H,1-3,12-13H2. The third-order valence-electron chi connectivity index (χ3n) is 4.65. The molecule has 0 unspecified atom stereocenters. The fourth-order valence-corrected chi connectivity index (χ4v) is 3.52. The Balaban J connectivity index is 2.07. The Labute approximate surface area is 124 Å². The fraction of sp³-hybridized carbons (Fsp3) is 0.333. The van der Waals surface area contributed by atoms with Gasteiger partial charge in [0, 0.05) is 5.41 Å². The van der Waals surface area contributed by atoms with E-state index in [-0.39, 0.29) is 5.41 Å². The summed E-state index contributed by atoms with van der Waals surface area (Å²) in [4.78, 5) is 10.6. The molecule has 0 heterocycles. The summed E-state index contributed by atoms with van der Waals surface area (Å²) >= 11 is 0. The number of hydrogen-bond acceptors (Lipinski definition) is 3. The molecule has 0 aliphatic heterocycles. The van der Waals surface area contributed by atoms with Crippen molar-refractivity contribution in [1.29, 1.82) is 0 Å². The number of phenolic OH excluding ortho intramolecular Hbond substituents is 1. The molecule has 0 aromatic heterocycles. The molecule has 0 spiro atoms. The molecule has 3 nitrogen and oxygen atoms in total. The number of benzene rings is 2. The van der Waals surface area contributed by atoms with Crippen LogP contribution in [-0.4, -0.2) is 5.11 Å². The van der Waals surface area contributed by atoms with E-state index < -0.39 is 0 Å². The molecule has 3 rings (SSSR count). The van der Waals surface area contributed by atoms with E-state index >= 15 is 0 Å². The number of hydrogen-bond donors (Lipinski definition) is 1. The van der Waals surface area contributed by atoms with Gasteiger partial charge in [0.15, 0.2) is 0 Å². The lowest BCUT2D eigenvalue weighted by molar-refractivity contribution is 0.345. The summed E-state index contributed by atoms with van der Waals surface area (Å²) in [6, 6.07) is 15.2. The second-order valence-corrected chi connectivity index (χ2v) is 5.83. The zero-order valence-corrected chi connectivity index (χ0v) is 12.0. The molecule has 2 aromatic rings. The first-order chi connectivity index (χ1) is 10.2. The van der Waals surface area contributed by atoms with E-state index in [0.717, 1.165) is 12.8 Å². The molecule has 3 heteroatoms. The average Bonchev–Trinajstić information content (AvgIpc) is 2.56. The maximum Gasteiger partial charge on any atom is 0.115 e. The van der Waals surface area contributed by atoms with E-state index in [2.05, 4.69) is 5.18 Å². The van der Waals surface area contributed by atoms with Crippen molar-refractivity contribution in [3.8, 4) is 5.75 Å². The molecule has 1 fully saturated rings. The molecule has 1 saturated carbocycles. The molecule has 2 aromatic carbocycles. The van der Waals surface area contributed by atoms with E-state index in [4.69, 9.17) is 0 Å². The Kier molecular flexibility index (Phi) is 3.74. The highest BCUT2D eigenvalue weighted by Gasteiger charge is 2.35. The van der Waals surface area contributed by atoms with Crippen LogP contribution in [0.5, 0.6) is 5.75 Å². The monoisotopic (exact) mass is 281 g/mol. The van der Waals surface area contributed by atoms with E-state index in [9.17, 15) is 10.0 Å². The summed E-state index contributed by atoms with van der Waals surface area (Å²) in [5.41, 5.74) is 2.94. The van der Waals surface area contributed by atoms with Gasteiger partial charge in [-0.1, -0.05) is 43.5 Å². The fourth-order valence-electron chi connectivity index (χ4n) is 3.52. The molecule has 108 valence electrons. The van der Waals surface area contributed by atoms with E-state index in [0.29, 0.717) is 11.4 Å². The van der Waals surface area contributed by atoms with Crippen molar-refractivity contribution >= 4 is 5.69 Å². The molecule has 1 N–H and O–H groups in total. The van der Waals surface area contributed by atoms with Gasteiger partial charge in [-0.2, -0.15) is 0 Å². The van der Waals surface area contributed by atoms with Gasteiger partial charge in [-0.15, -0.1) is 4.91 Å². The van der Waals surface area contributed by atoms with Crippen LogP contribution in [0.25, 0.3) is 0 Å². The summed E-state index contributed by atoms with van der Waals surface area (Å²) in [6.07, 6.45) is 5.88. The van der Waals surface area contributed by atoms with Crippen molar-refractivity contribution in [2.24, 2.45) is 5.18 Å². The van der Waals surface area contributed by atoms with Crippen LogP contribution in [0.4, 0.5) is 5.69 Å². The Bertz CT molecular complexity index is 611.